The van der Waals surface area contributed by atoms with E-state index < -0.39 is 0 Å². The molecule has 0 spiro atoms. The topological polar surface area (TPSA) is 145 Å². The van der Waals surface area contributed by atoms with Crippen molar-refractivity contribution in [2.75, 3.05) is 36.2 Å². The van der Waals surface area contributed by atoms with Crippen LogP contribution in [0.5, 0.6) is 0 Å². The maximum atomic E-state index is 12.3. The number of amides is 3. The molecule has 0 aromatic carbocycles. The van der Waals surface area contributed by atoms with E-state index in [0.29, 0.717) is 47.1 Å². The maximum Gasteiger partial charge on any atom is 0.242 e. The Labute approximate surface area is 195 Å². The highest BCUT2D eigenvalue weighted by Crippen LogP contribution is 2.41. The van der Waals surface area contributed by atoms with Crippen LogP contribution in [0.15, 0.2) is 24.7 Å². The summed E-state index contributed by atoms with van der Waals surface area (Å²) in [6.07, 6.45) is 8.56. The molecule has 3 aromatic heterocycles. The molecule has 12 heteroatoms. The first-order valence-corrected chi connectivity index (χ1v) is 10.8. The number of carbonyl (C=O) groups is 3. The number of aliphatic hydroxyl groups is 1. The molecule has 1 aliphatic rings. The Morgan fingerprint density at radius 2 is 2.06 bits per heavy atom. The first-order valence-electron chi connectivity index (χ1n) is 10.8. The zero-order valence-corrected chi connectivity index (χ0v) is 18.9. The second kappa shape index (κ2) is 9.83. The summed E-state index contributed by atoms with van der Waals surface area (Å²) >= 11 is 0. The van der Waals surface area contributed by atoms with Crippen LogP contribution in [0.2, 0.25) is 0 Å². The summed E-state index contributed by atoms with van der Waals surface area (Å²) in [5.74, 6) is 0.703. The molecule has 4 rings (SSSR count). The van der Waals surface area contributed by atoms with Gasteiger partial charge in [0.05, 0.1) is 24.5 Å². The molecule has 0 atom stereocenters. The smallest absolute Gasteiger partial charge is 0.242 e. The number of imidazole rings is 1. The molecule has 3 heterocycles. The van der Waals surface area contributed by atoms with Gasteiger partial charge >= 0.3 is 0 Å². The first-order chi connectivity index (χ1) is 16.4. The average Bonchev–Trinajstić information content (AvgIpc) is 3.60. The van der Waals surface area contributed by atoms with Crippen molar-refractivity contribution >= 4 is 41.8 Å². The Morgan fingerprint density at radius 1 is 1.26 bits per heavy atom. The molecule has 0 saturated heterocycles. The molecule has 0 bridgehead atoms. The molecule has 3 amide bonds. The van der Waals surface area contributed by atoms with Gasteiger partial charge in [0.15, 0.2) is 5.65 Å². The van der Waals surface area contributed by atoms with Gasteiger partial charge in [0, 0.05) is 38.2 Å². The molecular formula is C22H26N8O4. The summed E-state index contributed by atoms with van der Waals surface area (Å²) in [6.45, 7) is -0.103. The highest BCUT2D eigenvalue weighted by molar-refractivity contribution is 5.92. The van der Waals surface area contributed by atoms with Gasteiger partial charge in [-0.3, -0.25) is 19.7 Å². The molecule has 3 N–H and O–H groups in total. The number of rotatable bonds is 11. The zero-order chi connectivity index (χ0) is 24.2. The van der Waals surface area contributed by atoms with Crippen LogP contribution in [0, 0.1) is 0 Å². The van der Waals surface area contributed by atoms with E-state index in [1.165, 1.54) is 16.0 Å². The SMILES string of the molecule is CN(C)C(=O)CN(C=O)c1cc(C2CC2)cn2cc(CNc3nc(NC=O)ncc3CO)nc12. The molecule has 1 fully saturated rings. The molecule has 0 unspecified atom stereocenters. The number of aromatic nitrogens is 4. The molecule has 3 aromatic rings. The molecular weight excluding hydrogens is 440 g/mol. The Kier molecular flexibility index (Phi) is 6.68. The van der Waals surface area contributed by atoms with E-state index in [1.54, 1.807) is 14.1 Å². The van der Waals surface area contributed by atoms with E-state index >= 15 is 0 Å². The summed E-state index contributed by atoms with van der Waals surface area (Å²) in [5, 5.41) is 15.1. The van der Waals surface area contributed by atoms with Gasteiger partial charge < -0.3 is 24.6 Å². The van der Waals surface area contributed by atoms with Gasteiger partial charge in [0.25, 0.3) is 0 Å². The van der Waals surface area contributed by atoms with Crippen LogP contribution < -0.4 is 15.5 Å². The molecule has 0 radical (unpaired) electrons. The van der Waals surface area contributed by atoms with E-state index in [4.69, 9.17) is 0 Å². The van der Waals surface area contributed by atoms with Crippen LogP contribution in [-0.4, -0.2) is 68.7 Å². The van der Waals surface area contributed by atoms with Crippen LogP contribution in [0.1, 0.15) is 35.6 Å². The van der Waals surface area contributed by atoms with Crippen molar-refractivity contribution in [2.45, 2.75) is 31.9 Å². The van der Waals surface area contributed by atoms with Crippen molar-refractivity contribution in [1.82, 2.24) is 24.3 Å². The van der Waals surface area contributed by atoms with Crippen molar-refractivity contribution in [3.63, 3.8) is 0 Å². The monoisotopic (exact) mass is 466 g/mol. The maximum absolute atomic E-state index is 12.3. The number of hydrogen-bond donors (Lipinski definition) is 3. The minimum absolute atomic E-state index is 0.0893. The third-order valence-electron chi connectivity index (χ3n) is 5.55. The average molecular weight is 467 g/mol. The van der Waals surface area contributed by atoms with Crippen LogP contribution in [0.4, 0.5) is 17.5 Å². The molecule has 1 aliphatic carbocycles. The van der Waals surface area contributed by atoms with Crippen LogP contribution >= 0.6 is 0 Å². The van der Waals surface area contributed by atoms with Gasteiger partial charge in [0.1, 0.15) is 12.4 Å². The lowest BCUT2D eigenvalue weighted by Crippen LogP contribution is -2.36. The number of nitrogens with zero attached hydrogens (tertiary/aromatic N) is 6. The van der Waals surface area contributed by atoms with Crippen molar-refractivity contribution in [3.8, 4) is 0 Å². The normalized spacial score (nSPS) is 12.9. The Morgan fingerprint density at radius 3 is 2.71 bits per heavy atom. The van der Waals surface area contributed by atoms with Crippen molar-refractivity contribution < 1.29 is 19.5 Å². The largest absolute Gasteiger partial charge is 0.391 e. The van der Waals surface area contributed by atoms with Crippen LogP contribution in [0.3, 0.4) is 0 Å². The quantitative estimate of drug-likeness (QED) is 0.351. The minimum atomic E-state index is -0.280. The van der Waals surface area contributed by atoms with Gasteiger partial charge in [-0.15, -0.1) is 0 Å². The zero-order valence-electron chi connectivity index (χ0n) is 18.9. The van der Waals surface area contributed by atoms with E-state index in [9.17, 15) is 19.5 Å². The number of nitrogens with one attached hydrogen (secondary N) is 2. The minimum Gasteiger partial charge on any atom is -0.391 e. The standard InChI is InChI=1S/C22H26N8O4/c1-28(2)19(34)10-30(13-33)18-5-15(14-3-4-14)8-29-9-17(26-21(18)29)7-23-20-16(11-31)6-24-22(27-20)25-12-32/h5-6,8-9,12-14,31H,3-4,7,10-11H2,1-2H3,(H2,23,24,25,27,32). The summed E-state index contributed by atoms with van der Waals surface area (Å²) < 4.78 is 1.86. The van der Waals surface area contributed by atoms with Crippen LogP contribution in [-0.2, 0) is 27.5 Å². The lowest BCUT2D eigenvalue weighted by Gasteiger charge is -2.20. The van der Waals surface area contributed by atoms with Gasteiger partial charge in [0.2, 0.25) is 24.7 Å². The Hall–Kier alpha value is -4.06. The second-order valence-electron chi connectivity index (χ2n) is 8.26. The van der Waals surface area contributed by atoms with Gasteiger partial charge in [-0.1, -0.05) is 0 Å². The molecule has 178 valence electrons. The first kappa shape index (κ1) is 23.1. The second-order valence-corrected chi connectivity index (χ2v) is 8.26. The van der Waals surface area contributed by atoms with Crippen molar-refractivity contribution in [3.05, 3.63) is 41.5 Å². The number of aliphatic hydroxyl groups excluding tert-OH is 1. The molecule has 34 heavy (non-hydrogen) atoms. The molecule has 1 saturated carbocycles. The summed E-state index contributed by atoms with van der Waals surface area (Å²) in [4.78, 5) is 50.5. The fraction of sp³-hybridized carbons (Fsp3) is 0.364. The highest BCUT2D eigenvalue weighted by atomic mass is 16.3. The Bertz CT molecular complexity index is 1220. The number of anilines is 3. The van der Waals surface area contributed by atoms with Gasteiger partial charge in [-0.05, 0) is 30.4 Å². The van der Waals surface area contributed by atoms with Crippen molar-refractivity contribution in [2.24, 2.45) is 0 Å². The number of hydrogen-bond acceptors (Lipinski definition) is 8. The Balaban J connectivity index is 1.65. The van der Waals surface area contributed by atoms with Gasteiger partial charge in [-0.2, -0.15) is 4.98 Å². The fourth-order valence-corrected chi connectivity index (χ4v) is 3.53. The van der Waals surface area contributed by atoms with E-state index in [0.717, 1.165) is 18.4 Å². The number of likely N-dealkylation sites (N-methyl/N-ethyl adjacent to an activating group) is 1. The van der Waals surface area contributed by atoms with E-state index in [-0.39, 0.29) is 31.6 Å². The predicted molar refractivity (Wildman–Crippen MR) is 124 cm³/mol. The van der Waals surface area contributed by atoms with Crippen molar-refractivity contribution in [1.29, 1.82) is 0 Å². The third kappa shape index (κ3) is 4.96. The van der Waals surface area contributed by atoms with E-state index in [2.05, 4.69) is 25.6 Å². The lowest BCUT2D eigenvalue weighted by molar-refractivity contribution is -0.128. The molecule has 12 nitrogen and oxygen atoms in total. The van der Waals surface area contributed by atoms with Crippen LogP contribution in [0.25, 0.3) is 5.65 Å². The number of fused-ring (bicyclic) bond motifs is 1. The number of carbonyl (C=O) groups excluding carboxylic acids is 3. The summed E-state index contributed by atoms with van der Waals surface area (Å²) in [6, 6.07) is 1.93. The predicted octanol–water partition coefficient (Wildman–Crippen LogP) is 0.725. The number of pyridine rings is 1. The highest BCUT2D eigenvalue weighted by Gasteiger charge is 2.27. The van der Waals surface area contributed by atoms with E-state index in [1.807, 2.05) is 22.9 Å². The lowest BCUT2D eigenvalue weighted by atomic mass is 10.1. The molecule has 0 aliphatic heterocycles. The fourth-order valence-electron chi connectivity index (χ4n) is 3.53. The summed E-state index contributed by atoms with van der Waals surface area (Å²) in [5.41, 5.74) is 3.33. The summed E-state index contributed by atoms with van der Waals surface area (Å²) in [7, 11) is 3.29. The third-order valence-corrected chi connectivity index (χ3v) is 5.55. The van der Waals surface area contributed by atoms with Gasteiger partial charge in [-0.25, -0.2) is 9.97 Å².